The monoisotopic (exact) mass is 254 g/mol. The number of rotatable bonds is 4. The number of benzene rings is 2. The van der Waals surface area contributed by atoms with Crippen LogP contribution in [0.3, 0.4) is 0 Å². The standard InChI is InChI=1S/C16H14O3/c1-12(17)19-15-9-5-8-14(11-15)16(18)10-13-6-3-2-4-7-13/h2-9,11H,10H2,1H3. The molecule has 0 unspecified atom stereocenters. The van der Waals surface area contributed by atoms with Crippen LogP contribution in [0, 0.1) is 0 Å². The third-order valence-corrected chi connectivity index (χ3v) is 2.63. The van der Waals surface area contributed by atoms with E-state index in [0.29, 0.717) is 17.7 Å². The highest BCUT2D eigenvalue weighted by atomic mass is 16.5. The molecule has 3 nitrogen and oxygen atoms in total. The van der Waals surface area contributed by atoms with Crippen LogP contribution in [0.15, 0.2) is 54.6 Å². The van der Waals surface area contributed by atoms with Crippen molar-refractivity contribution in [3.05, 3.63) is 65.7 Å². The lowest BCUT2D eigenvalue weighted by Gasteiger charge is -2.04. The van der Waals surface area contributed by atoms with E-state index in [1.54, 1.807) is 24.3 Å². The maximum atomic E-state index is 12.1. The first-order chi connectivity index (χ1) is 9.15. The Hall–Kier alpha value is -2.42. The van der Waals surface area contributed by atoms with Crippen LogP contribution in [0.2, 0.25) is 0 Å². The number of hydrogen-bond donors (Lipinski definition) is 0. The van der Waals surface area contributed by atoms with Gasteiger partial charge >= 0.3 is 5.97 Å². The maximum Gasteiger partial charge on any atom is 0.308 e. The summed E-state index contributed by atoms with van der Waals surface area (Å²) in [7, 11) is 0. The van der Waals surface area contributed by atoms with Crippen molar-refractivity contribution in [1.82, 2.24) is 0 Å². The highest BCUT2D eigenvalue weighted by Crippen LogP contribution is 2.15. The third kappa shape index (κ3) is 3.78. The molecule has 0 aliphatic rings. The van der Waals surface area contributed by atoms with E-state index < -0.39 is 5.97 Å². The second-order valence-corrected chi connectivity index (χ2v) is 4.21. The van der Waals surface area contributed by atoms with Gasteiger partial charge in [-0.1, -0.05) is 42.5 Å². The van der Waals surface area contributed by atoms with Crippen molar-refractivity contribution in [2.45, 2.75) is 13.3 Å². The number of esters is 1. The number of carbonyl (C=O) groups excluding carboxylic acids is 2. The molecule has 0 saturated carbocycles. The zero-order valence-electron chi connectivity index (χ0n) is 10.6. The summed E-state index contributed by atoms with van der Waals surface area (Å²) in [6, 6.07) is 16.2. The normalized spacial score (nSPS) is 9.95. The van der Waals surface area contributed by atoms with Crippen LogP contribution >= 0.6 is 0 Å². The van der Waals surface area contributed by atoms with Crippen molar-refractivity contribution >= 4 is 11.8 Å². The first kappa shape index (κ1) is 13.0. The molecule has 0 atom stereocenters. The van der Waals surface area contributed by atoms with Crippen LogP contribution in [-0.4, -0.2) is 11.8 Å². The highest BCUT2D eigenvalue weighted by molar-refractivity contribution is 5.97. The summed E-state index contributed by atoms with van der Waals surface area (Å²) in [5.41, 5.74) is 1.51. The van der Waals surface area contributed by atoms with Crippen LogP contribution in [0.5, 0.6) is 5.75 Å². The van der Waals surface area contributed by atoms with Gasteiger partial charge in [0.2, 0.25) is 0 Å². The molecule has 2 aromatic carbocycles. The molecule has 0 aliphatic heterocycles. The SMILES string of the molecule is CC(=O)Oc1cccc(C(=O)Cc2ccccc2)c1. The number of carbonyl (C=O) groups is 2. The topological polar surface area (TPSA) is 43.4 Å². The van der Waals surface area contributed by atoms with Crippen LogP contribution in [0.25, 0.3) is 0 Å². The molecule has 0 bridgehead atoms. The summed E-state index contributed by atoms with van der Waals surface area (Å²) in [5.74, 6) is -0.000674. The summed E-state index contributed by atoms with van der Waals surface area (Å²) < 4.78 is 4.96. The van der Waals surface area contributed by atoms with Gasteiger partial charge in [0, 0.05) is 18.9 Å². The molecule has 3 heteroatoms. The molecule has 0 amide bonds. The van der Waals surface area contributed by atoms with Crippen LogP contribution in [-0.2, 0) is 11.2 Å². The van der Waals surface area contributed by atoms with Crippen molar-refractivity contribution in [3.63, 3.8) is 0 Å². The van der Waals surface area contributed by atoms with E-state index in [0.717, 1.165) is 5.56 Å². The molecule has 0 spiro atoms. The molecule has 2 rings (SSSR count). The Kier molecular flexibility index (Phi) is 4.08. The lowest BCUT2D eigenvalue weighted by Crippen LogP contribution is -2.05. The predicted octanol–water partition coefficient (Wildman–Crippen LogP) is 3.04. The Balaban J connectivity index is 2.13. The van der Waals surface area contributed by atoms with Crippen LogP contribution < -0.4 is 4.74 Å². The number of ether oxygens (including phenoxy) is 1. The molecule has 0 saturated heterocycles. The van der Waals surface area contributed by atoms with Gasteiger partial charge in [-0.3, -0.25) is 9.59 Å². The Morgan fingerprint density at radius 1 is 1.00 bits per heavy atom. The zero-order valence-corrected chi connectivity index (χ0v) is 10.6. The fourth-order valence-electron chi connectivity index (χ4n) is 1.78. The number of Topliss-reactive ketones (excluding diaryl/α,β-unsaturated/α-hetero) is 1. The van der Waals surface area contributed by atoms with Crippen molar-refractivity contribution < 1.29 is 14.3 Å². The lowest BCUT2D eigenvalue weighted by atomic mass is 10.0. The van der Waals surface area contributed by atoms with Crippen molar-refractivity contribution in [2.24, 2.45) is 0 Å². The molecule has 0 heterocycles. The zero-order chi connectivity index (χ0) is 13.7. The molecule has 0 fully saturated rings. The third-order valence-electron chi connectivity index (χ3n) is 2.63. The Morgan fingerprint density at radius 2 is 1.74 bits per heavy atom. The number of ketones is 1. The average molecular weight is 254 g/mol. The van der Waals surface area contributed by atoms with Gasteiger partial charge in [-0.05, 0) is 17.7 Å². The molecule has 0 aliphatic carbocycles. The molecular weight excluding hydrogens is 240 g/mol. The molecular formula is C16H14O3. The Morgan fingerprint density at radius 3 is 2.42 bits per heavy atom. The Labute approximate surface area is 111 Å². The van der Waals surface area contributed by atoms with E-state index in [2.05, 4.69) is 0 Å². The summed E-state index contributed by atoms with van der Waals surface area (Å²) in [6.45, 7) is 1.33. The second kappa shape index (κ2) is 5.96. The fourth-order valence-corrected chi connectivity index (χ4v) is 1.78. The van der Waals surface area contributed by atoms with Crippen LogP contribution in [0.1, 0.15) is 22.8 Å². The van der Waals surface area contributed by atoms with E-state index in [-0.39, 0.29) is 5.78 Å². The fraction of sp³-hybridized carbons (Fsp3) is 0.125. The van der Waals surface area contributed by atoms with Gasteiger partial charge in [0.25, 0.3) is 0 Å². The first-order valence-corrected chi connectivity index (χ1v) is 6.01. The lowest BCUT2D eigenvalue weighted by molar-refractivity contribution is -0.131. The van der Waals surface area contributed by atoms with Crippen molar-refractivity contribution in [2.75, 3.05) is 0 Å². The smallest absolute Gasteiger partial charge is 0.308 e. The van der Waals surface area contributed by atoms with Gasteiger partial charge in [0.15, 0.2) is 5.78 Å². The molecule has 19 heavy (non-hydrogen) atoms. The summed E-state index contributed by atoms with van der Waals surface area (Å²) in [5, 5.41) is 0. The molecule has 0 aromatic heterocycles. The van der Waals surface area contributed by atoms with Gasteiger partial charge in [-0.2, -0.15) is 0 Å². The average Bonchev–Trinajstić information content (AvgIpc) is 2.39. The van der Waals surface area contributed by atoms with E-state index in [9.17, 15) is 9.59 Å². The molecule has 0 N–H and O–H groups in total. The molecule has 96 valence electrons. The molecule has 2 aromatic rings. The van der Waals surface area contributed by atoms with Gasteiger partial charge in [0.1, 0.15) is 5.75 Å². The van der Waals surface area contributed by atoms with E-state index >= 15 is 0 Å². The van der Waals surface area contributed by atoms with E-state index in [4.69, 9.17) is 4.74 Å². The first-order valence-electron chi connectivity index (χ1n) is 6.01. The minimum Gasteiger partial charge on any atom is -0.427 e. The van der Waals surface area contributed by atoms with Crippen molar-refractivity contribution in [1.29, 1.82) is 0 Å². The summed E-state index contributed by atoms with van der Waals surface area (Å²) in [6.07, 6.45) is 0.338. The van der Waals surface area contributed by atoms with Crippen LogP contribution in [0.4, 0.5) is 0 Å². The quantitative estimate of drug-likeness (QED) is 0.478. The maximum absolute atomic E-state index is 12.1. The van der Waals surface area contributed by atoms with Gasteiger partial charge in [-0.25, -0.2) is 0 Å². The van der Waals surface area contributed by atoms with Gasteiger partial charge < -0.3 is 4.74 Å². The summed E-state index contributed by atoms with van der Waals surface area (Å²) in [4.78, 5) is 23.0. The number of hydrogen-bond acceptors (Lipinski definition) is 3. The minimum atomic E-state index is -0.396. The molecule has 0 radical (unpaired) electrons. The highest BCUT2D eigenvalue weighted by Gasteiger charge is 2.08. The van der Waals surface area contributed by atoms with Crippen molar-refractivity contribution in [3.8, 4) is 5.75 Å². The Bertz CT molecular complexity index is 588. The van der Waals surface area contributed by atoms with Gasteiger partial charge in [0.05, 0.1) is 0 Å². The van der Waals surface area contributed by atoms with Gasteiger partial charge in [-0.15, -0.1) is 0 Å². The second-order valence-electron chi connectivity index (χ2n) is 4.21. The van der Waals surface area contributed by atoms with E-state index in [1.165, 1.54) is 6.92 Å². The predicted molar refractivity (Wildman–Crippen MR) is 72.2 cm³/mol. The summed E-state index contributed by atoms with van der Waals surface area (Å²) >= 11 is 0. The largest absolute Gasteiger partial charge is 0.427 e. The van der Waals surface area contributed by atoms with E-state index in [1.807, 2.05) is 30.3 Å². The minimum absolute atomic E-state index is 0.000187.